The Morgan fingerprint density at radius 2 is 1.87 bits per heavy atom. The van der Waals surface area contributed by atoms with Gasteiger partial charge in [-0.3, -0.25) is 14.5 Å². The Balaban J connectivity index is 1.64. The predicted molar refractivity (Wildman–Crippen MR) is 123 cm³/mol. The molecule has 1 aliphatic carbocycles. The zero-order chi connectivity index (χ0) is 21.6. The van der Waals surface area contributed by atoms with E-state index in [2.05, 4.69) is 18.3 Å². The smallest absolute Gasteiger partial charge is 0.275 e. The van der Waals surface area contributed by atoms with E-state index in [4.69, 9.17) is 0 Å². The maximum Gasteiger partial charge on any atom is 0.275 e. The quantitative estimate of drug-likeness (QED) is 0.673. The molecule has 31 heavy (non-hydrogen) atoms. The van der Waals surface area contributed by atoms with E-state index in [-0.39, 0.29) is 17.9 Å². The van der Waals surface area contributed by atoms with Gasteiger partial charge in [-0.15, -0.1) is 0 Å². The van der Waals surface area contributed by atoms with E-state index in [0.29, 0.717) is 12.2 Å². The van der Waals surface area contributed by atoms with Crippen molar-refractivity contribution in [2.75, 3.05) is 4.90 Å². The molecule has 0 unspecified atom stereocenters. The molecule has 1 N–H and O–H groups in total. The van der Waals surface area contributed by atoms with Crippen molar-refractivity contribution >= 4 is 28.4 Å². The number of hydrogen-bond donors (Lipinski definition) is 1. The van der Waals surface area contributed by atoms with Crippen LogP contribution in [0, 0.1) is 0 Å². The number of amides is 2. The number of aromatic nitrogens is 1. The Bertz CT molecular complexity index is 1160. The average molecular weight is 416 g/mol. The molecule has 0 saturated heterocycles. The first-order chi connectivity index (χ1) is 15.0. The highest BCUT2D eigenvalue weighted by atomic mass is 16.2. The van der Waals surface area contributed by atoms with E-state index in [9.17, 15) is 9.59 Å². The van der Waals surface area contributed by atoms with Gasteiger partial charge in [0.25, 0.3) is 5.91 Å². The molecule has 5 rings (SSSR count). The summed E-state index contributed by atoms with van der Waals surface area (Å²) in [7, 11) is 0. The molecule has 0 radical (unpaired) electrons. The summed E-state index contributed by atoms with van der Waals surface area (Å²) in [6.45, 7) is 4.43. The number of para-hydroxylation sites is 1. The normalized spacial score (nSPS) is 21.5. The van der Waals surface area contributed by atoms with E-state index >= 15 is 0 Å². The van der Waals surface area contributed by atoms with Crippen LogP contribution in [0.4, 0.5) is 5.69 Å². The summed E-state index contributed by atoms with van der Waals surface area (Å²) in [5.41, 5.74) is 2.54. The van der Waals surface area contributed by atoms with Crippen molar-refractivity contribution in [2.24, 2.45) is 0 Å². The standard InChI is InChI=1S/C26H29N3O2/c1-3-18-9-8-13-21(15-18)29-24(30)23-16-19-10-4-7-14-22(19)28(23)17-26(29,2)25(31)27-20-11-5-6-12-20/h4,7-10,13-16,20H,3,5-6,11-12,17H2,1-2H3,(H,27,31)/t26-/m0/s1. The minimum atomic E-state index is -1.01. The maximum atomic E-state index is 13.9. The molecular formula is C26H29N3O2. The van der Waals surface area contributed by atoms with E-state index in [1.165, 1.54) is 0 Å². The highest BCUT2D eigenvalue weighted by molar-refractivity contribution is 6.14. The molecule has 1 saturated carbocycles. The molecule has 0 bridgehead atoms. The maximum absolute atomic E-state index is 13.9. The lowest BCUT2D eigenvalue weighted by Gasteiger charge is -2.44. The number of rotatable bonds is 4. The summed E-state index contributed by atoms with van der Waals surface area (Å²) in [4.78, 5) is 29.3. The number of carbonyl (C=O) groups is 2. The molecule has 2 amide bonds. The van der Waals surface area contributed by atoms with Gasteiger partial charge < -0.3 is 9.88 Å². The number of fused-ring (bicyclic) bond motifs is 3. The number of hydrogen-bond acceptors (Lipinski definition) is 2. The monoisotopic (exact) mass is 415 g/mol. The van der Waals surface area contributed by atoms with Crippen molar-refractivity contribution in [3.8, 4) is 0 Å². The molecule has 1 aliphatic heterocycles. The van der Waals surface area contributed by atoms with Gasteiger partial charge in [-0.05, 0) is 56.0 Å². The highest BCUT2D eigenvalue weighted by Gasteiger charge is 2.49. The van der Waals surface area contributed by atoms with Crippen LogP contribution in [-0.2, 0) is 17.8 Å². The third kappa shape index (κ3) is 3.23. The van der Waals surface area contributed by atoms with Crippen LogP contribution in [0.1, 0.15) is 55.6 Å². The van der Waals surface area contributed by atoms with Crippen LogP contribution >= 0.6 is 0 Å². The van der Waals surface area contributed by atoms with Gasteiger partial charge >= 0.3 is 0 Å². The van der Waals surface area contributed by atoms with Crippen molar-refractivity contribution in [1.29, 1.82) is 0 Å². The number of carbonyl (C=O) groups excluding carboxylic acids is 2. The molecule has 5 heteroatoms. The van der Waals surface area contributed by atoms with Crippen LogP contribution in [0.15, 0.2) is 54.6 Å². The van der Waals surface area contributed by atoms with E-state index in [0.717, 1.165) is 54.3 Å². The number of anilines is 1. The average Bonchev–Trinajstić information content (AvgIpc) is 3.42. The minimum absolute atomic E-state index is 0.0712. The van der Waals surface area contributed by atoms with Gasteiger partial charge in [-0.25, -0.2) is 0 Å². The molecule has 0 spiro atoms. The minimum Gasteiger partial charge on any atom is -0.351 e. The SMILES string of the molecule is CCc1cccc(N2C(=O)c3cc4ccccc4n3C[C@@]2(C)C(=O)NC2CCCC2)c1. The second-order valence-electron chi connectivity index (χ2n) is 9.07. The molecule has 5 nitrogen and oxygen atoms in total. The Labute approximate surface area is 183 Å². The molecule has 2 aliphatic rings. The van der Waals surface area contributed by atoms with Crippen molar-refractivity contribution in [3.63, 3.8) is 0 Å². The largest absolute Gasteiger partial charge is 0.351 e. The highest BCUT2D eigenvalue weighted by Crippen LogP contribution is 2.36. The van der Waals surface area contributed by atoms with E-state index in [1.54, 1.807) is 4.90 Å². The third-order valence-electron chi connectivity index (χ3n) is 6.95. The lowest BCUT2D eigenvalue weighted by atomic mass is 9.93. The summed E-state index contributed by atoms with van der Waals surface area (Å²) in [5, 5.41) is 4.28. The Morgan fingerprint density at radius 1 is 1.10 bits per heavy atom. The second-order valence-corrected chi connectivity index (χ2v) is 9.07. The first-order valence-corrected chi connectivity index (χ1v) is 11.3. The molecule has 3 aromatic rings. The molecule has 2 aromatic carbocycles. The van der Waals surface area contributed by atoms with Gasteiger partial charge in [-0.1, -0.05) is 50.1 Å². The fourth-order valence-corrected chi connectivity index (χ4v) is 5.18. The molecule has 1 atom stereocenters. The topological polar surface area (TPSA) is 54.3 Å². The van der Waals surface area contributed by atoms with Gasteiger partial charge in [0.15, 0.2) is 0 Å². The first-order valence-electron chi connectivity index (χ1n) is 11.3. The van der Waals surface area contributed by atoms with Crippen molar-refractivity contribution in [1.82, 2.24) is 9.88 Å². The lowest BCUT2D eigenvalue weighted by molar-refractivity contribution is -0.127. The fraction of sp³-hybridized carbons (Fsp3) is 0.385. The number of aryl methyl sites for hydroxylation is 1. The fourth-order valence-electron chi connectivity index (χ4n) is 5.18. The summed E-state index contributed by atoms with van der Waals surface area (Å²) in [5.74, 6) is -0.196. The summed E-state index contributed by atoms with van der Waals surface area (Å²) in [6, 6.07) is 18.2. The van der Waals surface area contributed by atoms with Crippen molar-refractivity contribution < 1.29 is 9.59 Å². The molecule has 1 aromatic heterocycles. The van der Waals surface area contributed by atoms with Gasteiger partial charge in [0.05, 0.1) is 6.54 Å². The summed E-state index contributed by atoms with van der Waals surface area (Å²) in [6.07, 6.45) is 5.20. The van der Waals surface area contributed by atoms with Crippen LogP contribution in [0.2, 0.25) is 0 Å². The summed E-state index contributed by atoms with van der Waals surface area (Å²) < 4.78 is 2.02. The van der Waals surface area contributed by atoms with Crippen LogP contribution < -0.4 is 10.2 Å². The van der Waals surface area contributed by atoms with Gasteiger partial charge in [0, 0.05) is 22.6 Å². The zero-order valence-electron chi connectivity index (χ0n) is 18.2. The predicted octanol–water partition coefficient (Wildman–Crippen LogP) is 4.68. The van der Waals surface area contributed by atoms with E-state index in [1.807, 2.05) is 60.0 Å². The number of nitrogens with one attached hydrogen (secondary N) is 1. The van der Waals surface area contributed by atoms with Crippen LogP contribution in [0.5, 0.6) is 0 Å². The molecule has 160 valence electrons. The van der Waals surface area contributed by atoms with Crippen molar-refractivity contribution in [3.05, 3.63) is 65.9 Å². The Kier molecular flexibility index (Phi) is 4.84. The van der Waals surface area contributed by atoms with Crippen LogP contribution in [0.25, 0.3) is 10.9 Å². The Hall–Kier alpha value is -3.08. The molecule has 2 heterocycles. The Morgan fingerprint density at radius 3 is 2.65 bits per heavy atom. The van der Waals surface area contributed by atoms with Crippen LogP contribution in [-0.4, -0.2) is 28.0 Å². The third-order valence-corrected chi connectivity index (χ3v) is 6.95. The van der Waals surface area contributed by atoms with Crippen LogP contribution in [0.3, 0.4) is 0 Å². The number of nitrogens with zero attached hydrogens (tertiary/aromatic N) is 2. The van der Waals surface area contributed by atoms with Gasteiger partial charge in [0.2, 0.25) is 5.91 Å². The zero-order valence-corrected chi connectivity index (χ0v) is 18.2. The second kappa shape index (κ2) is 7.56. The van der Waals surface area contributed by atoms with Gasteiger partial charge in [0.1, 0.15) is 11.2 Å². The summed E-state index contributed by atoms with van der Waals surface area (Å²) >= 11 is 0. The molecular weight excluding hydrogens is 386 g/mol. The van der Waals surface area contributed by atoms with E-state index < -0.39 is 5.54 Å². The van der Waals surface area contributed by atoms with Gasteiger partial charge in [-0.2, -0.15) is 0 Å². The lowest BCUT2D eigenvalue weighted by Crippen LogP contribution is -2.65. The molecule has 1 fully saturated rings. The first kappa shape index (κ1) is 19.9. The number of benzene rings is 2. The van der Waals surface area contributed by atoms with Crippen molar-refractivity contribution in [2.45, 2.75) is 64.1 Å².